The van der Waals surface area contributed by atoms with Crippen LogP contribution < -0.4 is 11.1 Å². The van der Waals surface area contributed by atoms with Crippen molar-refractivity contribution in [3.05, 3.63) is 34.9 Å². The molecule has 0 heterocycles. The summed E-state index contributed by atoms with van der Waals surface area (Å²) in [5.41, 5.74) is 8.84. The quantitative estimate of drug-likeness (QED) is 0.331. The Labute approximate surface area is 118 Å². The van der Waals surface area contributed by atoms with Crippen LogP contribution in [0.4, 0.5) is 0 Å². The molecule has 1 aliphatic carbocycles. The number of amides is 1. The summed E-state index contributed by atoms with van der Waals surface area (Å²) >= 11 is 0. The number of hydrogen-bond acceptors (Lipinski definition) is 3. The highest BCUT2D eigenvalue weighted by molar-refractivity contribution is 5.98. The van der Waals surface area contributed by atoms with Crippen LogP contribution in [0.5, 0.6) is 0 Å². The molecule has 0 aromatic heterocycles. The van der Waals surface area contributed by atoms with Gasteiger partial charge in [-0.1, -0.05) is 24.6 Å². The summed E-state index contributed by atoms with van der Waals surface area (Å²) < 4.78 is 0. The van der Waals surface area contributed by atoms with E-state index in [1.165, 1.54) is 11.1 Å². The number of amidine groups is 1. The molecule has 5 nitrogen and oxygen atoms in total. The second kappa shape index (κ2) is 6.41. The van der Waals surface area contributed by atoms with Crippen molar-refractivity contribution in [3.8, 4) is 0 Å². The standard InChI is InChI=1S/C15H21N3O2/c1-2-4-13(14(16)18-20)17-15(19)12-8-7-10-5-3-6-11(10)9-12/h7-9,13,20H,2-6H2,1H3,(H2,16,18)(H,17,19). The molecule has 1 amide bonds. The molecular weight excluding hydrogens is 254 g/mol. The van der Waals surface area contributed by atoms with Crippen LogP contribution in [0.1, 0.15) is 47.7 Å². The number of aryl methyl sites for hydroxylation is 2. The highest BCUT2D eigenvalue weighted by atomic mass is 16.4. The van der Waals surface area contributed by atoms with Gasteiger partial charge in [0, 0.05) is 5.56 Å². The molecule has 4 N–H and O–H groups in total. The topological polar surface area (TPSA) is 87.7 Å². The Hall–Kier alpha value is -2.04. The van der Waals surface area contributed by atoms with E-state index < -0.39 is 6.04 Å². The van der Waals surface area contributed by atoms with Gasteiger partial charge in [-0.2, -0.15) is 0 Å². The van der Waals surface area contributed by atoms with Gasteiger partial charge in [-0.3, -0.25) is 4.79 Å². The van der Waals surface area contributed by atoms with Gasteiger partial charge in [0.25, 0.3) is 5.91 Å². The predicted octanol–water partition coefficient (Wildman–Crippen LogP) is 1.82. The fraction of sp³-hybridized carbons (Fsp3) is 0.467. The zero-order valence-electron chi connectivity index (χ0n) is 11.7. The van der Waals surface area contributed by atoms with E-state index in [9.17, 15) is 4.79 Å². The third-order valence-corrected chi connectivity index (χ3v) is 3.72. The highest BCUT2D eigenvalue weighted by Gasteiger charge is 2.19. The number of oxime groups is 1. The zero-order valence-corrected chi connectivity index (χ0v) is 11.7. The number of nitrogens with zero attached hydrogens (tertiary/aromatic N) is 1. The Bertz CT molecular complexity index is 526. The first-order chi connectivity index (χ1) is 9.65. The van der Waals surface area contributed by atoms with E-state index in [0.717, 1.165) is 25.7 Å². The normalized spacial score (nSPS) is 15.8. The molecule has 0 saturated heterocycles. The predicted molar refractivity (Wildman–Crippen MR) is 78.0 cm³/mol. The molecule has 1 aromatic carbocycles. The summed E-state index contributed by atoms with van der Waals surface area (Å²) in [6, 6.07) is 5.39. The molecule has 5 heteroatoms. The Morgan fingerprint density at radius 1 is 1.45 bits per heavy atom. The molecule has 1 atom stereocenters. The molecule has 108 valence electrons. The summed E-state index contributed by atoms with van der Waals surface area (Å²) in [4.78, 5) is 12.2. The molecule has 0 fully saturated rings. The zero-order chi connectivity index (χ0) is 14.5. The van der Waals surface area contributed by atoms with Crippen LogP contribution in [-0.2, 0) is 12.8 Å². The summed E-state index contributed by atoms with van der Waals surface area (Å²) in [7, 11) is 0. The second-order valence-electron chi connectivity index (χ2n) is 5.18. The SMILES string of the molecule is CCCC(NC(=O)c1ccc2c(c1)CCC2)/C(N)=N/O. The summed E-state index contributed by atoms with van der Waals surface area (Å²) in [6.45, 7) is 1.99. The van der Waals surface area contributed by atoms with Crippen molar-refractivity contribution in [2.75, 3.05) is 0 Å². The van der Waals surface area contributed by atoms with Gasteiger partial charge in [0.2, 0.25) is 0 Å². The Morgan fingerprint density at radius 3 is 2.90 bits per heavy atom. The molecule has 0 saturated carbocycles. The number of benzene rings is 1. The van der Waals surface area contributed by atoms with Gasteiger partial charge in [0.05, 0.1) is 6.04 Å². The Balaban J connectivity index is 2.10. The van der Waals surface area contributed by atoms with Crippen molar-refractivity contribution in [1.82, 2.24) is 5.32 Å². The second-order valence-corrected chi connectivity index (χ2v) is 5.18. The van der Waals surface area contributed by atoms with Gasteiger partial charge in [0.1, 0.15) is 0 Å². The van der Waals surface area contributed by atoms with Crippen LogP contribution in [0.2, 0.25) is 0 Å². The average molecular weight is 275 g/mol. The van der Waals surface area contributed by atoms with E-state index >= 15 is 0 Å². The first-order valence-electron chi connectivity index (χ1n) is 7.05. The fourth-order valence-corrected chi connectivity index (χ4v) is 2.61. The third-order valence-electron chi connectivity index (χ3n) is 3.72. The molecule has 2 rings (SSSR count). The van der Waals surface area contributed by atoms with E-state index in [-0.39, 0.29) is 11.7 Å². The van der Waals surface area contributed by atoms with Crippen molar-refractivity contribution >= 4 is 11.7 Å². The van der Waals surface area contributed by atoms with E-state index in [1.807, 2.05) is 25.1 Å². The van der Waals surface area contributed by atoms with Crippen LogP contribution in [-0.4, -0.2) is 23.0 Å². The van der Waals surface area contributed by atoms with Crippen LogP contribution in [0.25, 0.3) is 0 Å². The van der Waals surface area contributed by atoms with Gasteiger partial charge in [0.15, 0.2) is 5.84 Å². The minimum Gasteiger partial charge on any atom is -0.409 e. The lowest BCUT2D eigenvalue weighted by Gasteiger charge is -2.16. The van der Waals surface area contributed by atoms with Crippen molar-refractivity contribution in [2.45, 2.75) is 45.1 Å². The number of rotatable bonds is 5. The lowest BCUT2D eigenvalue weighted by atomic mass is 10.0. The van der Waals surface area contributed by atoms with E-state index in [4.69, 9.17) is 10.9 Å². The lowest BCUT2D eigenvalue weighted by molar-refractivity contribution is 0.0944. The molecule has 1 aliphatic rings. The lowest BCUT2D eigenvalue weighted by Crippen LogP contribution is -2.44. The van der Waals surface area contributed by atoms with Crippen molar-refractivity contribution < 1.29 is 10.0 Å². The number of fused-ring (bicyclic) bond motifs is 1. The van der Waals surface area contributed by atoms with Crippen molar-refractivity contribution in [3.63, 3.8) is 0 Å². The van der Waals surface area contributed by atoms with Crippen LogP contribution >= 0.6 is 0 Å². The van der Waals surface area contributed by atoms with Crippen molar-refractivity contribution in [1.29, 1.82) is 0 Å². The number of carbonyl (C=O) groups excluding carboxylic acids is 1. The first kappa shape index (κ1) is 14.4. The smallest absolute Gasteiger partial charge is 0.251 e. The number of carbonyl (C=O) groups is 1. The minimum atomic E-state index is -0.425. The molecule has 0 radical (unpaired) electrons. The molecule has 0 aliphatic heterocycles. The number of nitrogens with two attached hydrogens (primary N) is 1. The van der Waals surface area contributed by atoms with Crippen LogP contribution in [0, 0.1) is 0 Å². The van der Waals surface area contributed by atoms with Crippen LogP contribution in [0.15, 0.2) is 23.4 Å². The molecule has 0 spiro atoms. The molecule has 0 bridgehead atoms. The summed E-state index contributed by atoms with van der Waals surface area (Å²) in [6.07, 6.45) is 4.77. The number of hydrogen-bond donors (Lipinski definition) is 3. The first-order valence-corrected chi connectivity index (χ1v) is 7.05. The van der Waals surface area contributed by atoms with Gasteiger partial charge < -0.3 is 16.3 Å². The number of nitrogens with one attached hydrogen (secondary N) is 1. The fourth-order valence-electron chi connectivity index (χ4n) is 2.61. The molecule has 1 aromatic rings. The molecule has 1 unspecified atom stereocenters. The van der Waals surface area contributed by atoms with Gasteiger partial charge in [-0.05, 0) is 48.9 Å². The molecule has 20 heavy (non-hydrogen) atoms. The summed E-state index contributed by atoms with van der Waals surface area (Å²) in [5.74, 6) is -0.133. The summed E-state index contributed by atoms with van der Waals surface area (Å²) in [5, 5.41) is 14.6. The Morgan fingerprint density at radius 2 is 2.20 bits per heavy atom. The maximum Gasteiger partial charge on any atom is 0.251 e. The third kappa shape index (κ3) is 3.10. The van der Waals surface area contributed by atoms with Crippen molar-refractivity contribution in [2.24, 2.45) is 10.9 Å². The van der Waals surface area contributed by atoms with Crippen LogP contribution in [0.3, 0.4) is 0 Å². The largest absolute Gasteiger partial charge is 0.409 e. The Kier molecular flexibility index (Phi) is 4.61. The maximum atomic E-state index is 12.2. The van der Waals surface area contributed by atoms with Gasteiger partial charge >= 0.3 is 0 Å². The van der Waals surface area contributed by atoms with E-state index in [1.54, 1.807) is 0 Å². The monoisotopic (exact) mass is 275 g/mol. The highest BCUT2D eigenvalue weighted by Crippen LogP contribution is 2.22. The van der Waals surface area contributed by atoms with E-state index in [0.29, 0.717) is 12.0 Å². The van der Waals surface area contributed by atoms with E-state index in [2.05, 4.69) is 10.5 Å². The van der Waals surface area contributed by atoms with Gasteiger partial charge in [-0.15, -0.1) is 0 Å². The average Bonchev–Trinajstić information content (AvgIpc) is 2.93. The van der Waals surface area contributed by atoms with Gasteiger partial charge in [-0.25, -0.2) is 0 Å². The molecular formula is C15H21N3O2. The maximum absolute atomic E-state index is 12.2. The minimum absolute atomic E-state index is 0.0429.